The predicted octanol–water partition coefficient (Wildman–Crippen LogP) is 1.26. The number of aliphatic hydroxyl groups excluding tert-OH is 1. The molecule has 0 radical (unpaired) electrons. The zero-order valence-corrected chi connectivity index (χ0v) is 11.7. The Bertz CT molecular complexity index is 268. The summed E-state index contributed by atoms with van der Waals surface area (Å²) in [5.41, 5.74) is -0.506. The third kappa shape index (κ3) is 5.23. The van der Waals surface area contributed by atoms with Gasteiger partial charge in [-0.05, 0) is 58.5 Å². The molecular formula is C13H26N2O3. The molecule has 0 aromatic carbocycles. The molecular weight excluding hydrogens is 232 g/mol. The van der Waals surface area contributed by atoms with E-state index in [4.69, 9.17) is 4.74 Å². The van der Waals surface area contributed by atoms with Crippen molar-refractivity contribution in [1.82, 2.24) is 10.6 Å². The second-order valence-electron chi connectivity index (χ2n) is 6.09. The number of carbonyl (C=O) groups excluding carboxylic acids is 1. The molecule has 1 amide bonds. The Labute approximate surface area is 109 Å². The lowest BCUT2D eigenvalue weighted by atomic mass is 9.77. The number of carbonyl (C=O) groups is 1. The summed E-state index contributed by atoms with van der Waals surface area (Å²) in [4.78, 5) is 11.5. The molecule has 1 aliphatic heterocycles. The molecule has 0 aromatic heterocycles. The van der Waals surface area contributed by atoms with Crippen LogP contribution in [0.5, 0.6) is 0 Å². The van der Waals surface area contributed by atoms with Crippen molar-refractivity contribution in [3.05, 3.63) is 0 Å². The summed E-state index contributed by atoms with van der Waals surface area (Å²) in [6.45, 7) is 8.14. The molecule has 1 fully saturated rings. The first-order valence-corrected chi connectivity index (χ1v) is 6.65. The zero-order valence-electron chi connectivity index (χ0n) is 11.7. The van der Waals surface area contributed by atoms with Crippen LogP contribution in [0.1, 0.15) is 40.0 Å². The first-order valence-electron chi connectivity index (χ1n) is 6.65. The third-order valence-corrected chi connectivity index (χ3v) is 3.32. The monoisotopic (exact) mass is 258 g/mol. The third-order valence-electron chi connectivity index (χ3n) is 3.32. The lowest BCUT2D eigenvalue weighted by molar-refractivity contribution is 0.0485. The second kappa shape index (κ2) is 6.38. The number of aliphatic hydroxyl groups is 1. The Morgan fingerprint density at radius 3 is 2.50 bits per heavy atom. The number of rotatable bonds is 4. The van der Waals surface area contributed by atoms with Crippen LogP contribution < -0.4 is 10.6 Å². The van der Waals surface area contributed by atoms with Gasteiger partial charge in [0.25, 0.3) is 0 Å². The quantitative estimate of drug-likeness (QED) is 0.710. The van der Waals surface area contributed by atoms with E-state index < -0.39 is 5.60 Å². The van der Waals surface area contributed by atoms with Crippen LogP contribution in [0.2, 0.25) is 0 Å². The Morgan fingerprint density at radius 2 is 2.00 bits per heavy atom. The molecule has 0 aromatic rings. The molecule has 1 rings (SSSR count). The van der Waals surface area contributed by atoms with Gasteiger partial charge in [-0.15, -0.1) is 0 Å². The van der Waals surface area contributed by atoms with Crippen molar-refractivity contribution in [3.63, 3.8) is 0 Å². The molecule has 1 aliphatic rings. The van der Waals surface area contributed by atoms with E-state index in [1.807, 2.05) is 20.8 Å². The lowest BCUT2D eigenvalue weighted by Gasteiger charge is -2.36. The van der Waals surface area contributed by atoms with Crippen LogP contribution in [0.25, 0.3) is 0 Å². The number of amides is 1. The molecule has 0 spiro atoms. The van der Waals surface area contributed by atoms with Gasteiger partial charge in [0.05, 0.1) is 0 Å². The van der Waals surface area contributed by atoms with E-state index in [0.29, 0.717) is 6.54 Å². The van der Waals surface area contributed by atoms with E-state index in [9.17, 15) is 9.90 Å². The van der Waals surface area contributed by atoms with E-state index in [-0.39, 0.29) is 18.1 Å². The number of hydrogen-bond donors (Lipinski definition) is 3. The standard InChI is InChI=1S/C13H26N2O3/c1-12(2,3)18-11(17)15-9-6-13(10-16)4-7-14-8-5-13/h14,16H,4-10H2,1-3H3,(H,15,17). The molecule has 5 nitrogen and oxygen atoms in total. The summed E-state index contributed by atoms with van der Waals surface area (Å²) in [7, 11) is 0. The number of hydrogen-bond acceptors (Lipinski definition) is 4. The summed E-state index contributed by atoms with van der Waals surface area (Å²) in [5.74, 6) is 0. The van der Waals surface area contributed by atoms with E-state index in [1.165, 1.54) is 0 Å². The average molecular weight is 258 g/mol. The molecule has 1 heterocycles. The lowest BCUT2D eigenvalue weighted by Crippen LogP contribution is -2.42. The van der Waals surface area contributed by atoms with Crippen molar-refractivity contribution >= 4 is 6.09 Å². The molecule has 1 saturated heterocycles. The van der Waals surface area contributed by atoms with E-state index in [0.717, 1.165) is 32.4 Å². The van der Waals surface area contributed by atoms with Crippen molar-refractivity contribution in [2.45, 2.75) is 45.6 Å². The van der Waals surface area contributed by atoms with Crippen molar-refractivity contribution < 1.29 is 14.6 Å². The van der Waals surface area contributed by atoms with Gasteiger partial charge in [-0.25, -0.2) is 4.79 Å². The first-order chi connectivity index (χ1) is 8.37. The Hall–Kier alpha value is -0.810. The molecule has 0 saturated carbocycles. The van der Waals surface area contributed by atoms with Crippen LogP contribution in [0.4, 0.5) is 4.79 Å². The molecule has 18 heavy (non-hydrogen) atoms. The highest BCUT2D eigenvalue weighted by atomic mass is 16.6. The Morgan fingerprint density at radius 1 is 1.39 bits per heavy atom. The van der Waals surface area contributed by atoms with Gasteiger partial charge in [-0.3, -0.25) is 0 Å². The SMILES string of the molecule is CC(C)(C)OC(=O)NCCC1(CO)CCNCC1. The summed E-state index contributed by atoms with van der Waals surface area (Å²) in [6.07, 6.45) is 2.33. The second-order valence-corrected chi connectivity index (χ2v) is 6.09. The number of nitrogens with one attached hydrogen (secondary N) is 2. The maximum atomic E-state index is 11.5. The summed E-state index contributed by atoms with van der Waals surface area (Å²) < 4.78 is 5.17. The largest absolute Gasteiger partial charge is 0.444 e. The zero-order chi connectivity index (χ0) is 13.6. The van der Waals surface area contributed by atoms with Crippen LogP contribution in [-0.4, -0.2) is 43.0 Å². The van der Waals surface area contributed by atoms with Crippen LogP contribution in [0, 0.1) is 5.41 Å². The highest BCUT2D eigenvalue weighted by molar-refractivity contribution is 5.67. The van der Waals surface area contributed by atoms with Crippen molar-refractivity contribution in [2.24, 2.45) is 5.41 Å². The van der Waals surface area contributed by atoms with Crippen LogP contribution in [0.3, 0.4) is 0 Å². The average Bonchev–Trinajstić information content (AvgIpc) is 2.28. The molecule has 0 unspecified atom stereocenters. The van der Waals surface area contributed by atoms with E-state index in [1.54, 1.807) is 0 Å². The van der Waals surface area contributed by atoms with Gasteiger partial charge in [0, 0.05) is 13.2 Å². The smallest absolute Gasteiger partial charge is 0.407 e. The van der Waals surface area contributed by atoms with Crippen LogP contribution >= 0.6 is 0 Å². The van der Waals surface area contributed by atoms with Gasteiger partial charge >= 0.3 is 6.09 Å². The van der Waals surface area contributed by atoms with Gasteiger partial charge in [-0.1, -0.05) is 0 Å². The van der Waals surface area contributed by atoms with Gasteiger partial charge in [0.2, 0.25) is 0 Å². The minimum absolute atomic E-state index is 0.0414. The summed E-state index contributed by atoms with van der Waals surface area (Å²) >= 11 is 0. The van der Waals surface area contributed by atoms with E-state index >= 15 is 0 Å². The van der Waals surface area contributed by atoms with Crippen LogP contribution in [0.15, 0.2) is 0 Å². The fraction of sp³-hybridized carbons (Fsp3) is 0.923. The Balaban J connectivity index is 2.29. The predicted molar refractivity (Wildman–Crippen MR) is 70.5 cm³/mol. The maximum Gasteiger partial charge on any atom is 0.407 e. The fourth-order valence-electron chi connectivity index (χ4n) is 2.19. The number of piperidine rings is 1. The topological polar surface area (TPSA) is 70.6 Å². The minimum atomic E-state index is -0.465. The number of ether oxygens (including phenoxy) is 1. The van der Waals surface area contributed by atoms with Crippen molar-refractivity contribution in [2.75, 3.05) is 26.2 Å². The molecule has 106 valence electrons. The molecule has 0 aliphatic carbocycles. The summed E-state index contributed by atoms with van der Waals surface area (Å²) in [5, 5.41) is 15.6. The van der Waals surface area contributed by atoms with Gasteiger partial charge in [0.15, 0.2) is 0 Å². The maximum absolute atomic E-state index is 11.5. The van der Waals surface area contributed by atoms with Gasteiger partial charge < -0.3 is 20.5 Å². The summed E-state index contributed by atoms with van der Waals surface area (Å²) in [6, 6.07) is 0. The normalized spacial score (nSPS) is 19.3. The highest BCUT2D eigenvalue weighted by Crippen LogP contribution is 2.31. The van der Waals surface area contributed by atoms with E-state index in [2.05, 4.69) is 10.6 Å². The van der Waals surface area contributed by atoms with Crippen LogP contribution in [-0.2, 0) is 4.74 Å². The van der Waals surface area contributed by atoms with Gasteiger partial charge in [0.1, 0.15) is 5.60 Å². The van der Waals surface area contributed by atoms with Crippen molar-refractivity contribution in [1.29, 1.82) is 0 Å². The first kappa shape index (κ1) is 15.2. The molecule has 0 atom stereocenters. The number of alkyl carbamates (subject to hydrolysis) is 1. The molecule has 5 heteroatoms. The Kier molecular flexibility index (Phi) is 5.41. The highest BCUT2D eigenvalue weighted by Gasteiger charge is 2.31. The molecule has 0 bridgehead atoms. The van der Waals surface area contributed by atoms with Gasteiger partial charge in [-0.2, -0.15) is 0 Å². The minimum Gasteiger partial charge on any atom is -0.444 e. The van der Waals surface area contributed by atoms with Crippen molar-refractivity contribution in [3.8, 4) is 0 Å². The molecule has 3 N–H and O–H groups in total. The fourth-order valence-corrected chi connectivity index (χ4v) is 2.19.